The number of carbonyl (C=O) groups excluding carboxylic acids is 2. The molecule has 0 rings (SSSR count). The van der Waals surface area contributed by atoms with Gasteiger partial charge in [0.05, 0.1) is 0 Å². The second-order valence-corrected chi connectivity index (χ2v) is 3.25. The summed E-state index contributed by atoms with van der Waals surface area (Å²) in [5, 5.41) is 0. The SMILES string of the molecule is CC(=O)CCC(C)CC(C)=O. The Morgan fingerprint density at radius 2 is 1.73 bits per heavy atom. The minimum absolute atomic E-state index is 0.209. The fourth-order valence-corrected chi connectivity index (χ4v) is 1.04. The van der Waals surface area contributed by atoms with Crippen molar-refractivity contribution in [2.75, 3.05) is 0 Å². The molecule has 1 unspecified atom stereocenters. The maximum absolute atomic E-state index is 10.6. The molecule has 0 aliphatic rings. The van der Waals surface area contributed by atoms with Crippen LogP contribution in [-0.4, -0.2) is 11.6 Å². The highest BCUT2D eigenvalue weighted by Crippen LogP contribution is 2.10. The lowest BCUT2D eigenvalue weighted by Crippen LogP contribution is -2.03. The summed E-state index contributed by atoms with van der Waals surface area (Å²) in [6.07, 6.45) is 2.05. The van der Waals surface area contributed by atoms with Gasteiger partial charge in [0, 0.05) is 12.8 Å². The van der Waals surface area contributed by atoms with E-state index in [0.29, 0.717) is 18.8 Å². The standard InChI is InChI=1S/C9H16O2/c1-7(6-9(3)11)4-5-8(2)10/h7H,4-6H2,1-3H3. The van der Waals surface area contributed by atoms with Gasteiger partial charge in [0.2, 0.25) is 0 Å². The smallest absolute Gasteiger partial charge is 0.130 e. The molecule has 0 aromatic rings. The summed E-state index contributed by atoms with van der Waals surface area (Å²) in [5.74, 6) is 0.776. The quantitative estimate of drug-likeness (QED) is 0.609. The first-order chi connectivity index (χ1) is 5.02. The molecule has 0 heterocycles. The van der Waals surface area contributed by atoms with Gasteiger partial charge < -0.3 is 9.59 Å². The van der Waals surface area contributed by atoms with Gasteiger partial charge in [-0.25, -0.2) is 0 Å². The van der Waals surface area contributed by atoms with Crippen LogP contribution in [0.25, 0.3) is 0 Å². The fourth-order valence-electron chi connectivity index (χ4n) is 1.04. The third kappa shape index (κ3) is 7.23. The van der Waals surface area contributed by atoms with Gasteiger partial charge >= 0.3 is 0 Å². The molecule has 1 atom stereocenters. The maximum Gasteiger partial charge on any atom is 0.130 e. The topological polar surface area (TPSA) is 34.1 Å². The van der Waals surface area contributed by atoms with Gasteiger partial charge in [-0.15, -0.1) is 0 Å². The molecule has 2 nitrogen and oxygen atoms in total. The summed E-state index contributed by atoms with van der Waals surface area (Å²) in [4.78, 5) is 21.2. The second-order valence-electron chi connectivity index (χ2n) is 3.25. The number of Topliss-reactive ketones (excluding diaryl/α,β-unsaturated/α-hetero) is 2. The van der Waals surface area contributed by atoms with Crippen molar-refractivity contribution < 1.29 is 9.59 Å². The van der Waals surface area contributed by atoms with Gasteiger partial charge in [0.1, 0.15) is 11.6 Å². The van der Waals surface area contributed by atoms with E-state index in [-0.39, 0.29) is 11.6 Å². The van der Waals surface area contributed by atoms with E-state index < -0.39 is 0 Å². The molecular weight excluding hydrogens is 140 g/mol. The predicted octanol–water partition coefficient (Wildman–Crippen LogP) is 1.97. The molecule has 0 aromatic heterocycles. The van der Waals surface area contributed by atoms with Gasteiger partial charge in [-0.2, -0.15) is 0 Å². The largest absolute Gasteiger partial charge is 0.300 e. The van der Waals surface area contributed by atoms with Crippen LogP contribution in [0.1, 0.15) is 40.0 Å². The number of carbonyl (C=O) groups is 2. The minimum atomic E-state index is 0.209. The summed E-state index contributed by atoms with van der Waals surface area (Å²) in [5.41, 5.74) is 0. The van der Waals surface area contributed by atoms with Crippen molar-refractivity contribution >= 4 is 11.6 Å². The van der Waals surface area contributed by atoms with Crippen molar-refractivity contribution in [2.45, 2.75) is 40.0 Å². The second kappa shape index (κ2) is 5.05. The monoisotopic (exact) mass is 156 g/mol. The Balaban J connectivity index is 3.44. The first-order valence-corrected chi connectivity index (χ1v) is 4.01. The molecule has 0 fully saturated rings. The van der Waals surface area contributed by atoms with Crippen molar-refractivity contribution in [1.82, 2.24) is 0 Å². The summed E-state index contributed by atoms with van der Waals surface area (Å²) < 4.78 is 0. The molecular formula is C9H16O2. The summed E-state index contributed by atoms with van der Waals surface area (Å²) in [6, 6.07) is 0. The Bertz CT molecular complexity index is 150. The van der Waals surface area contributed by atoms with Crippen LogP contribution in [0.5, 0.6) is 0 Å². The summed E-state index contributed by atoms with van der Waals surface area (Å²) in [7, 11) is 0. The van der Waals surface area contributed by atoms with E-state index in [0.717, 1.165) is 6.42 Å². The lowest BCUT2D eigenvalue weighted by atomic mass is 9.99. The van der Waals surface area contributed by atoms with Crippen LogP contribution in [-0.2, 0) is 9.59 Å². The average Bonchev–Trinajstić information content (AvgIpc) is 1.82. The number of hydrogen-bond donors (Lipinski definition) is 0. The molecule has 0 aromatic carbocycles. The van der Waals surface area contributed by atoms with Crippen LogP contribution in [0, 0.1) is 5.92 Å². The zero-order chi connectivity index (χ0) is 8.85. The van der Waals surface area contributed by atoms with Gasteiger partial charge in [-0.3, -0.25) is 0 Å². The van der Waals surface area contributed by atoms with Crippen LogP contribution < -0.4 is 0 Å². The molecule has 0 amide bonds. The van der Waals surface area contributed by atoms with E-state index >= 15 is 0 Å². The van der Waals surface area contributed by atoms with E-state index in [1.54, 1.807) is 13.8 Å². The van der Waals surface area contributed by atoms with E-state index in [4.69, 9.17) is 0 Å². The first-order valence-electron chi connectivity index (χ1n) is 4.01. The summed E-state index contributed by atoms with van der Waals surface area (Å²) in [6.45, 7) is 5.18. The van der Waals surface area contributed by atoms with E-state index in [1.165, 1.54) is 0 Å². The highest BCUT2D eigenvalue weighted by Gasteiger charge is 2.05. The van der Waals surface area contributed by atoms with E-state index in [2.05, 4.69) is 0 Å². The fraction of sp³-hybridized carbons (Fsp3) is 0.778. The van der Waals surface area contributed by atoms with Gasteiger partial charge in [-0.1, -0.05) is 6.92 Å². The molecule has 64 valence electrons. The Morgan fingerprint density at radius 1 is 1.18 bits per heavy atom. The van der Waals surface area contributed by atoms with Crippen LogP contribution in [0.4, 0.5) is 0 Å². The maximum atomic E-state index is 10.6. The van der Waals surface area contributed by atoms with Gasteiger partial charge in [0.25, 0.3) is 0 Å². The van der Waals surface area contributed by atoms with Crippen LogP contribution in [0.15, 0.2) is 0 Å². The molecule has 0 bridgehead atoms. The highest BCUT2D eigenvalue weighted by atomic mass is 16.1. The van der Waals surface area contributed by atoms with E-state index in [1.807, 2.05) is 6.92 Å². The lowest BCUT2D eigenvalue weighted by molar-refractivity contribution is -0.119. The van der Waals surface area contributed by atoms with Gasteiger partial charge in [-0.05, 0) is 26.2 Å². The molecule has 0 saturated heterocycles. The Kier molecular flexibility index (Phi) is 4.75. The Labute approximate surface area is 68.0 Å². The number of ketones is 2. The zero-order valence-electron chi connectivity index (χ0n) is 7.52. The van der Waals surface area contributed by atoms with Gasteiger partial charge in [0.15, 0.2) is 0 Å². The number of rotatable bonds is 5. The van der Waals surface area contributed by atoms with Crippen molar-refractivity contribution in [1.29, 1.82) is 0 Å². The molecule has 11 heavy (non-hydrogen) atoms. The lowest BCUT2D eigenvalue weighted by Gasteiger charge is -2.06. The zero-order valence-corrected chi connectivity index (χ0v) is 7.52. The Hall–Kier alpha value is -0.660. The molecule has 2 heteroatoms. The molecule has 0 aliphatic heterocycles. The van der Waals surface area contributed by atoms with Crippen molar-refractivity contribution in [3.63, 3.8) is 0 Å². The molecule has 0 N–H and O–H groups in total. The number of hydrogen-bond acceptors (Lipinski definition) is 2. The van der Waals surface area contributed by atoms with Crippen molar-refractivity contribution in [3.05, 3.63) is 0 Å². The normalized spacial score (nSPS) is 12.6. The predicted molar refractivity (Wildman–Crippen MR) is 44.4 cm³/mol. The summed E-state index contributed by atoms with van der Waals surface area (Å²) >= 11 is 0. The molecule has 0 saturated carbocycles. The molecule has 0 spiro atoms. The van der Waals surface area contributed by atoms with Crippen LogP contribution >= 0.6 is 0 Å². The molecule has 0 aliphatic carbocycles. The highest BCUT2D eigenvalue weighted by molar-refractivity contribution is 5.76. The minimum Gasteiger partial charge on any atom is -0.300 e. The van der Waals surface area contributed by atoms with Crippen molar-refractivity contribution in [3.8, 4) is 0 Å². The van der Waals surface area contributed by atoms with Crippen molar-refractivity contribution in [2.24, 2.45) is 5.92 Å². The first kappa shape index (κ1) is 10.3. The average molecular weight is 156 g/mol. The third-order valence-electron chi connectivity index (χ3n) is 1.63. The van der Waals surface area contributed by atoms with Crippen LogP contribution in [0.3, 0.4) is 0 Å². The third-order valence-corrected chi connectivity index (χ3v) is 1.63. The van der Waals surface area contributed by atoms with E-state index in [9.17, 15) is 9.59 Å². The molecule has 0 radical (unpaired) electrons. The Morgan fingerprint density at radius 3 is 2.09 bits per heavy atom. The van der Waals surface area contributed by atoms with Crippen LogP contribution in [0.2, 0.25) is 0 Å².